The van der Waals surface area contributed by atoms with E-state index >= 15 is 0 Å². The molecule has 5 nitrogen and oxygen atoms in total. The van der Waals surface area contributed by atoms with Gasteiger partial charge in [0.2, 0.25) is 10.0 Å². The number of nitrogens with two attached hydrogens (primary N) is 1. The van der Waals surface area contributed by atoms with Gasteiger partial charge in [0.15, 0.2) is 0 Å². The van der Waals surface area contributed by atoms with Crippen LogP contribution in [0.1, 0.15) is 25.8 Å². The van der Waals surface area contributed by atoms with Gasteiger partial charge < -0.3 is 10.5 Å². The minimum atomic E-state index is -3.48. The first kappa shape index (κ1) is 17.1. The summed E-state index contributed by atoms with van der Waals surface area (Å²) in [4.78, 5) is 0.239. The summed E-state index contributed by atoms with van der Waals surface area (Å²) in [6.07, 6.45) is 0.977. The predicted octanol–water partition coefficient (Wildman–Crippen LogP) is 1.49. The van der Waals surface area contributed by atoms with Gasteiger partial charge in [-0.1, -0.05) is 26.0 Å². The van der Waals surface area contributed by atoms with E-state index < -0.39 is 10.0 Å². The van der Waals surface area contributed by atoms with Crippen LogP contribution in [0.5, 0.6) is 0 Å². The molecule has 0 saturated carbocycles. The summed E-state index contributed by atoms with van der Waals surface area (Å²) in [5, 5.41) is 0. The van der Waals surface area contributed by atoms with Crippen LogP contribution in [0.15, 0.2) is 29.2 Å². The highest BCUT2D eigenvalue weighted by Gasteiger charge is 2.13. The third-order valence-electron chi connectivity index (χ3n) is 2.82. The molecule has 20 heavy (non-hydrogen) atoms. The topological polar surface area (TPSA) is 81.4 Å². The fourth-order valence-electron chi connectivity index (χ4n) is 1.59. The van der Waals surface area contributed by atoms with Gasteiger partial charge in [-0.2, -0.15) is 0 Å². The van der Waals surface area contributed by atoms with Crippen LogP contribution < -0.4 is 10.5 Å². The van der Waals surface area contributed by atoms with Crippen molar-refractivity contribution in [1.29, 1.82) is 0 Å². The molecule has 0 fully saturated rings. The van der Waals surface area contributed by atoms with Gasteiger partial charge in [-0.3, -0.25) is 0 Å². The van der Waals surface area contributed by atoms with Crippen LogP contribution in [0.25, 0.3) is 0 Å². The second-order valence-corrected chi connectivity index (χ2v) is 6.81. The molecule has 0 saturated heterocycles. The molecule has 0 aliphatic heterocycles. The maximum absolute atomic E-state index is 12.0. The Hall–Kier alpha value is -0.950. The van der Waals surface area contributed by atoms with Gasteiger partial charge in [-0.15, -0.1) is 0 Å². The highest BCUT2D eigenvalue weighted by atomic mass is 32.2. The van der Waals surface area contributed by atoms with Crippen LogP contribution >= 0.6 is 0 Å². The zero-order valence-electron chi connectivity index (χ0n) is 12.1. The molecule has 0 heterocycles. The summed E-state index contributed by atoms with van der Waals surface area (Å²) < 4.78 is 32.0. The monoisotopic (exact) mass is 300 g/mol. The maximum Gasteiger partial charge on any atom is 0.240 e. The Morgan fingerprint density at radius 2 is 2.05 bits per heavy atom. The fourth-order valence-corrected chi connectivity index (χ4v) is 2.68. The molecule has 114 valence electrons. The van der Waals surface area contributed by atoms with Crippen molar-refractivity contribution >= 4 is 10.0 Å². The lowest BCUT2D eigenvalue weighted by atomic mass is 10.1. The first-order valence-corrected chi connectivity index (χ1v) is 8.30. The number of ether oxygens (including phenoxy) is 1. The van der Waals surface area contributed by atoms with Gasteiger partial charge in [0, 0.05) is 19.7 Å². The molecular weight excluding hydrogens is 276 g/mol. The summed E-state index contributed by atoms with van der Waals surface area (Å²) in [6, 6.07) is 6.63. The molecule has 0 aromatic heterocycles. The van der Waals surface area contributed by atoms with Crippen molar-refractivity contribution in [3.8, 4) is 0 Å². The highest BCUT2D eigenvalue weighted by Crippen LogP contribution is 2.10. The average Bonchev–Trinajstić information content (AvgIpc) is 2.42. The quantitative estimate of drug-likeness (QED) is 0.677. The minimum Gasteiger partial charge on any atom is -0.380 e. The SMILES string of the molecule is CC(C)CCOCCNS(=O)(=O)c1cccc(CN)c1. The Morgan fingerprint density at radius 3 is 2.70 bits per heavy atom. The molecular formula is C14H24N2O3S. The van der Waals surface area contributed by atoms with E-state index in [9.17, 15) is 8.42 Å². The van der Waals surface area contributed by atoms with E-state index in [1.807, 2.05) is 0 Å². The average molecular weight is 300 g/mol. The lowest BCUT2D eigenvalue weighted by molar-refractivity contribution is 0.128. The third kappa shape index (κ3) is 6.00. The van der Waals surface area contributed by atoms with Crippen molar-refractivity contribution in [1.82, 2.24) is 4.72 Å². The van der Waals surface area contributed by atoms with Crippen molar-refractivity contribution in [2.75, 3.05) is 19.8 Å². The lowest BCUT2D eigenvalue weighted by Gasteiger charge is -2.09. The van der Waals surface area contributed by atoms with E-state index in [1.54, 1.807) is 24.3 Å². The summed E-state index contributed by atoms with van der Waals surface area (Å²) in [5.41, 5.74) is 6.30. The Morgan fingerprint density at radius 1 is 1.30 bits per heavy atom. The fraction of sp³-hybridized carbons (Fsp3) is 0.571. The van der Waals surface area contributed by atoms with E-state index in [2.05, 4.69) is 18.6 Å². The van der Waals surface area contributed by atoms with Crippen molar-refractivity contribution in [3.05, 3.63) is 29.8 Å². The van der Waals surface area contributed by atoms with E-state index in [1.165, 1.54) is 0 Å². The van der Waals surface area contributed by atoms with Gasteiger partial charge >= 0.3 is 0 Å². The second kappa shape index (κ2) is 8.36. The molecule has 1 aromatic carbocycles. The highest BCUT2D eigenvalue weighted by molar-refractivity contribution is 7.89. The zero-order chi connectivity index (χ0) is 15.0. The van der Waals surface area contributed by atoms with Gasteiger partial charge in [0.05, 0.1) is 11.5 Å². The molecule has 1 aromatic rings. The summed E-state index contributed by atoms with van der Waals surface area (Å²) in [7, 11) is -3.48. The number of nitrogens with one attached hydrogen (secondary N) is 1. The van der Waals surface area contributed by atoms with E-state index in [-0.39, 0.29) is 11.4 Å². The van der Waals surface area contributed by atoms with Crippen molar-refractivity contribution in [3.63, 3.8) is 0 Å². The van der Waals surface area contributed by atoms with E-state index in [0.717, 1.165) is 12.0 Å². The maximum atomic E-state index is 12.0. The largest absolute Gasteiger partial charge is 0.380 e. The molecule has 0 atom stereocenters. The number of benzene rings is 1. The molecule has 3 N–H and O–H groups in total. The molecule has 0 aliphatic rings. The summed E-state index contributed by atoms with van der Waals surface area (Å²) >= 11 is 0. The lowest BCUT2D eigenvalue weighted by Crippen LogP contribution is -2.27. The van der Waals surface area contributed by atoms with Crippen LogP contribution in [0, 0.1) is 5.92 Å². The molecule has 1 rings (SSSR count). The van der Waals surface area contributed by atoms with Crippen molar-refractivity contribution in [2.24, 2.45) is 11.7 Å². The molecule has 0 amide bonds. The van der Waals surface area contributed by atoms with Gasteiger partial charge in [-0.25, -0.2) is 13.1 Å². The summed E-state index contributed by atoms with van der Waals surface area (Å²) in [5.74, 6) is 0.589. The molecule has 6 heteroatoms. The van der Waals surface area contributed by atoms with Gasteiger partial charge in [0.25, 0.3) is 0 Å². The number of rotatable bonds is 9. The third-order valence-corrected chi connectivity index (χ3v) is 4.28. The molecule has 0 aliphatic carbocycles. The van der Waals surface area contributed by atoms with Crippen LogP contribution in [-0.2, 0) is 21.3 Å². The number of sulfonamides is 1. The van der Waals surface area contributed by atoms with Gasteiger partial charge in [-0.05, 0) is 30.0 Å². The van der Waals surface area contributed by atoms with E-state index in [0.29, 0.717) is 25.7 Å². The van der Waals surface area contributed by atoms with Gasteiger partial charge in [0.1, 0.15) is 0 Å². The summed E-state index contributed by atoms with van der Waals surface area (Å²) in [6.45, 7) is 5.87. The predicted molar refractivity (Wildman–Crippen MR) is 79.8 cm³/mol. The van der Waals surface area contributed by atoms with Crippen LogP contribution in [0.2, 0.25) is 0 Å². The Labute approximate surface area is 121 Å². The number of hydrogen-bond donors (Lipinski definition) is 2. The van der Waals surface area contributed by atoms with Crippen molar-refractivity contribution < 1.29 is 13.2 Å². The van der Waals surface area contributed by atoms with Crippen LogP contribution in [0.3, 0.4) is 0 Å². The number of hydrogen-bond acceptors (Lipinski definition) is 4. The Kier molecular flexibility index (Phi) is 7.15. The zero-order valence-corrected chi connectivity index (χ0v) is 12.9. The van der Waals surface area contributed by atoms with Crippen molar-refractivity contribution in [2.45, 2.75) is 31.7 Å². The molecule has 0 unspecified atom stereocenters. The second-order valence-electron chi connectivity index (χ2n) is 5.04. The molecule has 0 spiro atoms. The standard InChI is InChI=1S/C14H24N2O3S/c1-12(2)6-8-19-9-7-16-20(17,18)14-5-3-4-13(10-14)11-15/h3-5,10,12,16H,6-9,11,15H2,1-2H3. The smallest absolute Gasteiger partial charge is 0.240 e. The Balaban J connectivity index is 2.41. The molecule has 0 radical (unpaired) electrons. The Bertz CT molecular complexity index is 501. The minimum absolute atomic E-state index is 0.239. The van der Waals surface area contributed by atoms with Crippen LogP contribution in [0.4, 0.5) is 0 Å². The first-order valence-electron chi connectivity index (χ1n) is 6.82. The van der Waals surface area contributed by atoms with E-state index in [4.69, 9.17) is 10.5 Å². The normalized spacial score (nSPS) is 12.0. The first-order chi connectivity index (χ1) is 9.45. The molecule has 0 bridgehead atoms. The van der Waals surface area contributed by atoms with Crippen LogP contribution in [-0.4, -0.2) is 28.2 Å².